The van der Waals surface area contributed by atoms with E-state index in [1.54, 1.807) is 13.0 Å². The molecule has 0 unspecified atom stereocenters. The van der Waals surface area contributed by atoms with Crippen LogP contribution < -0.4 is 10.5 Å². The maximum Gasteiger partial charge on any atom is 0.409 e. The van der Waals surface area contributed by atoms with E-state index in [4.69, 9.17) is 17.3 Å². The quantitative estimate of drug-likeness (QED) is 0.762. The second-order valence-electron chi connectivity index (χ2n) is 2.70. The first-order valence-electron chi connectivity index (χ1n) is 3.78. The number of carbonyl (C=O) groups is 2. The standard InChI is InChI=1S/C9H8ClNO3/c1-5-2-3-6(8(11)12)7(4-5)14-9(10)13/h2-4H,1H3,(H2,11,12). The highest BCUT2D eigenvalue weighted by Crippen LogP contribution is 2.20. The van der Waals surface area contributed by atoms with E-state index in [0.29, 0.717) is 0 Å². The van der Waals surface area contributed by atoms with E-state index < -0.39 is 11.3 Å². The summed E-state index contributed by atoms with van der Waals surface area (Å²) in [5.74, 6) is -0.588. The predicted octanol–water partition coefficient (Wildman–Crippen LogP) is 1.83. The van der Waals surface area contributed by atoms with Gasteiger partial charge in [0, 0.05) is 11.6 Å². The summed E-state index contributed by atoms with van der Waals surface area (Å²) in [7, 11) is 0. The third-order valence-electron chi connectivity index (χ3n) is 1.59. The molecule has 1 amide bonds. The molecular formula is C9H8ClNO3. The van der Waals surface area contributed by atoms with Gasteiger partial charge in [0.25, 0.3) is 5.91 Å². The molecule has 74 valence electrons. The molecule has 0 atom stereocenters. The van der Waals surface area contributed by atoms with E-state index in [-0.39, 0.29) is 11.3 Å². The molecule has 0 spiro atoms. The van der Waals surface area contributed by atoms with Crippen LogP contribution in [0.4, 0.5) is 4.79 Å². The fourth-order valence-electron chi connectivity index (χ4n) is 1.00. The summed E-state index contributed by atoms with van der Waals surface area (Å²) in [5.41, 5.74) is 5.03. The van der Waals surface area contributed by atoms with Crippen LogP contribution in [0.25, 0.3) is 0 Å². The van der Waals surface area contributed by atoms with Crippen molar-refractivity contribution in [1.29, 1.82) is 0 Å². The Hall–Kier alpha value is -1.55. The molecular weight excluding hydrogens is 206 g/mol. The fourth-order valence-corrected chi connectivity index (χ4v) is 1.09. The molecule has 0 aliphatic carbocycles. The lowest BCUT2D eigenvalue weighted by molar-refractivity contribution is 0.0998. The highest BCUT2D eigenvalue weighted by Gasteiger charge is 2.11. The molecule has 14 heavy (non-hydrogen) atoms. The Morgan fingerprint density at radius 1 is 1.43 bits per heavy atom. The van der Waals surface area contributed by atoms with Crippen molar-refractivity contribution >= 4 is 22.9 Å². The number of aryl methyl sites for hydroxylation is 1. The highest BCUT2D eigenvalue weighted by atomic mass is 35.5. The van der Waals surface area contributed by atoms with Crippen molar-refractivity contribution in [2.45, 2.75) is 6.92 Å². The van der Waals surface area contributed by atoms with Crippen LogP contribution in [-0.2, 0) is 0 Å². The van der Waals surface area contributed by atoms with Gasteiger partial charge in [-0.1, -0.05) is 6.07 Å². The molecule has 0 aliphatic rings. The molecule has 2 N–H and O–H groups in total. The van der Waals surface area contributed by atoms with Crippen molar-refractivity contribution in [3.05, 3.63) is 29.3 Å². The van der Waals surface area contributed by atoms with Crippen LogP contribution in [-0.4, -0.2) is 11.3 Å². The number of halogens is 1. The van der Waals surface area contributed by atoms with Crippen molar-refractivity contribution in [2.75, 3.05) is 0 Å². The first-order valence-corrected chi connectivity index (χ1v) is 4.16. The molecule has 1 aromatic rings. The van der Waals surface area contributed by atoms with Gasteiger partial charge >= 0.3 is 5.43 Å². The lowest BCUT2D eigenvalue weighted by atomic mass is 10.1. The summed E-state index contributed by atoms with van der Waals surface area (Å²) in [6.45, 7) is 1.79. The van der Waals surface area contributed by atoms with Crippen LogP contribution in [0, 0.1) is 6.92 Å². The molecule has 1 aromatic carbocycles. The molecule has 4 nitrogen and oxygen atoms in total. The SMILES string of the molecule is Cc1ccc(C(N)=O)c(OC(=O)Cl)c1. The zero-order valence-electron chi connectivity index (χ0n) is 7.41. The van der Waals surface area contributed by atoms with Gasteiger partial charge in [-0.15, -0.1) is 0 Å². The van der Waals surface area contributed by atoms with Gasteiger partial charge in [0.2, 0.25) is 0 Å². The summed E-state index contributed by atoms with van der Waals surface area (Å²) >= 11 is 5.03. The Labute approximate surface area is 85.6 Å². The van der Waals surface area contributed by atoms with Crippen LogP contribution in [0.5, 0.6) is 5.75 Å². The molecule has 0 bridgehead atoms. The van der Waals surface area contributed by atoms with E-state index in [2.05, 4.69) is 4.74 Å². The third kappa shape index (κ3) is 2.47. The minimum absolute atomic E-state index is 0.0810. The number of carbonyl (C=O) groups excluding carboxylic acids is 2. The van der Waals surface area contributed by atoms with Crippen molar-refractivity contribution in [3.8, 4) is 5.75 Å². The van der Waals surface area contributed by atoms with E-state index in [0.717, 1.165) is 5.56 Å². The second-order valence-corrected chi connectivity index (χ2v) is 3.01. The second kappa shape index (κ2) is 4.11. The molecule has 0 radical (unpaired) electrons. The Balaban J connectivity index is 3.15. The average molecular weight is 214 g/mol. The first-order chi connectivity index (χ1) is 6.50. The Morgan fingerprint density at radius 2 is 2.07 bits per heavy atom. The summed E-state index contributed by atoms with van der Waals surface area (Å²) in [5, 5.41) is 0. The van der Waals surface area contributed by atoms with Crippen LogP contribution in [0.1, 0.15) is 15.9 Å². The zero-order chi connectivity index (χ0) is 10.7. The van der Waals surface area contributed by atoms with Gasteiger partial charge in [-0.2, -0.15) is 0 Å². The monoisotopic (exact) mass is 213 g/mol. The lowest BCUT2D eigenvalue weighted by Crippen LogP contribution is -2.13. The first kappa shape index (κ1) is 10.5. The number of nitrogens with two attached hydrogens (primary N) is 1. The summed E-state index contributed by atoms with van der Waals surface area (Å²) in [6.07, 6.45) is 0. The molecule has 5 heteroatoms. The summed E-state index contributed by atoms with van der Waals surface area (Å²) < 4.78 is 4.61. The Kier molecular flexibility index (Phi) is 3.09. The molecule has 0 fully saturated rings. The number of rotatable bonds is 2. The maximum atomic E-state index is 10.9. The van der Waals surface area contributed by atoms with Crippen LogP contribution in [0.3, 0.4) is 0 Å². The molecule has 0 aromatic heterocycles. The van der Waals surface area contributed by atoms with Crippen molar-refractivity contribution < 1.29 is 14.3 Å². The summed E-state index contributed by atoms with van der Waals surface area (Å²) in [6, 6.07) is 4.68. The van der Waals surface area contributed by atoms with Crippen molar-refractivity contribution in [3.63, 3.8) is 0 Å². The van der Waals surface area contributed by atoms with Crippen molar-refractivity contribution in [2.24, 2.45) is 5.73 Å². The number of hydrogen-bond acceptors (Lipinski definition) is 3. The van der Waals surface area contributed by atoms with Crippen LogP contribution in [0.15, 0.2) is 18.2 Å². The smallest absolute Gasteiger partial charge is 0.409 e. The number of primary amides is 1. The van der Waals surface area contributed by atoms with Gasteiger partial charge in [0.15, 0.2) is 0 Å². The van der Waals surface area contributed by atoms with Crippen LogP contribution in [0.2, 0.25) is 0 Å². The molecule has 0 saturated carbocycles. The van der Waals surface area contributed by atoms with Gasteiger partial charge in [-0.3, -0.25) is 4.79 Å². The molecule has 0 aliphatic heterocycles. The van der Waals surface area contributed by atoms with Gasteiger partial charge in [-0.25, -0.2) is 4.79 Å². The topological polar surface area (TPSA) is 69.4 Å². The zero-order valence-corrected chi connectivity index (χ0v) is 8.17. The predicted molar refractivity (Wildman–Crippen MR) is 51.6 cm³/mol. The van der Waals surface area contributed by atoms with E-state index in [1.807, 2.05) is 0 Å². The number of hydrogen-bond donors (Lipinski definition) is 1. The van der Waals surface area contributed by atoms with E-state index in [9.17, 15) is 9.59 Å². The lowest BCUT2D eigenvalue weighted by Gasteiger charge is -2.05. The van der Waals surface area contributed by atoms with E-state index >= 15 is 0 Å². The average Bonchev–Trinajstić information content (AvgIpc) is 2.01. The van der Waals surface area contributed by atoms with Gasteiger partial charge < -0.3 is 10.5 Å². The minimum Gasteiger partial charge on any atom is -0.414 e. The van der Waals surface area contributed by atoms with Gasteiger partial charge in [0.1, 0.15) is 5.75 Å². The fraction of sp³-hybridized carbons (Fsp3) is 0.111. The van der Waals surface area contributed by atoms with Crippen LogP contribution >= 0.6 is 11.6 Å². The Bertz CT molecular complexity index is 390. The molecule has 0 saturated heterocycles. The van der Waals surface area contributed by atoms with Crippen molar-refractivity contribution in [1.82, 2.24) is 0 Å². The molecule has 0 heterocycles. The van der Waals surface area contributed by atoms with Gasteiger partial charge in [-0.05, 0) is 24.6 Å². The normalized spacial score (nSPS) is 9.57. The minimum atomic E-state index is -1.00. The number of amides is 1. The number of benzene rings is 1. The Morgan fingerprint density at radius 3 is 2.57 bits per heavy atom. The highest BCUT2D eigenvalue weighted by molar-refractivity contribution is 6.61. The molecule has 1 rings (SSSR count). The third-order valence-corrected chi connectivity index (χ3v) is 1.67. The largest absolute Gasteiger partial charge is 0.414 e. The number of ether oxygens (including phenoxy) is 1. The van der Waals surface area contributed by atoms with Gasteiger partial charge in [0.05, 0.1) is 5.56 Å². The summed E-state index contributed by atoms with van der Waals surface area (Å²) in [4.78, 5) is 21.4. The van der Waals surface area contributed by atoms with E-state index in [1.165, 1.54) is 12.1 Å². The maximum absolute atomic E-state index is 10.9.